The second-order valence-electron chi connectivity index (χ2n) is 8.32. The summed E-state index contributed by atoms with van der Waals surface area (Å²) < 4.78 is 13.0. The van der Waals surface area contributed by atoms with Gasteiger partial charge in [-0.05, 0) is 24.3 Å². The van der Waals surface area contributed by atoms with Gasteiger partial charge in [-0.2, -0.15) is 4.98 Å². The quantitative estimate of drug-likeness (QED) is 0.483. The summed E-state index contributed by atoms with van der Waals surface area (Å²) in [5.41, 5.74) is 2.18. The molecule has 160 valence electrons. The Kier molecular flexibility index (Phi) is 5.70. The summed E-state index contributed by atoms with van der Waals surface area (Å²) in [6.07, 6.45) is 4.51. The highest BCUT2D eigenvalue weighted by Crippen LogP contribution is 2.20. The molecule has 31 heavy (non-hydrogen) atoms. The molecule has 0 unspecified atom stereocenters. The zero-order chi connectivity index (χ0) is 21.8. The van der Waals surface area contributed by atoms with Gasteiger partial charge in [-0.3, -0.25) is 4.79 Å². The summed E-state index contributed by atoms with van der Waals surface area (Å²) in [7, 11) is 0. The smallest absolute Gasteiger partial charge is 0.227 e. The lowest BCUT2D eigenvalue weighted by Gasteiger charge is -2.10. The highest BCUT2D eigenvalue weighted by Gasteiger charge is 2.21. The van der Waals surface area contributed by atoms with E-state index < -0.39 is 0 Å². The van der Waals surface area contributed by atoms with Crippen LogP contribution in [0, 0.1) is 0 Å². The van der Waals surface area contributed by atoms with Crippen LogP contribution in [0.4, 0.5) is 5.69 Å². The monoisotopic (exact) mass is 419 g/mol. The van der Waals surface area contributed by atoms with Crippen LogP contribution in [0.15, 0.2) is 59.4 Å². The van der Waals surface area contributed by atoms with Crippen LogP contribution in [0.25, 0.3) is 5.65 Å². The van der Waals surface area contributed by atoms with Crippen molar-refractivity contribution in [3.05, 3.63) is 72.3 Å². The molecule has 0 spiro atoms. The zero-order valence-corrected chi connectivity index (χ0v) is 17.8. The van der Waals surface area contributed by atoms with Crippen LogP contribution in [-0.2, 0) is 23.2 Å². The average Bonchev–Trinajstić information content (AvgIpc) is 3.37. The summed E-state index contributed by atoms with van der Waals surface area (Å²) in [5, 5.41) is 6.86. The molecule has 0 radical (unpaired) electrons. The zero-order valence-electron chi connectivity index (χ0n) is 17.8. The molecule has 3 heterocycles. The Hall–Kier alpha value is -3.68. The van der Waals surface area contributed by atoms with E-state index >= 15 is 0 Å². The minimum absolute atomic E-state index is 0.131. The van der Waals surface area contributed by atoms with Crippen molar-refractivity contribution in [3.8, 4) is 5.75 Å². The first-order chi connectivity index (χ1) is 14.9. The van der Waals surface area contributed by atoms with Crippen LogP contribution >= 0.6 is 0 Å². The van der Waals surface area contributed by atoms with Gasteiger partial charge < -0.3 is 19.0 Å². The summed E-state index contributed by atoms with van der Waals surface area (Å²) >= 11 is 0. The van der Waals surface area contributed by atoms with E-state index in [-0.39, 0.29) is 17.7 Å². The Labute approximate surface area is 180 Å². The molecule has 3 aromatic heterocycles. The van der Waals surface area contributed by atoms with Crippen molar-refractivity contribution in [1.82, 2.24) is 19.5 Å². The molecular weight excluding hydrogens is 394 g/mol. The highest BCUT2D eigenvalue weighted by atomic mass is 16.5. The molecule has 0 saturated heterocycles. The standard InChI is InChI=1S/C23H25N5O3/c1-23(2,3)22-26-21(31-27-22)11-10-20(29)25-16-7-6-8-18(13-16)30-15-17-14-28-12-5-4-9-19(28)24-17/h4-9,12-14H,10-11,15H2,1-3H3,(H,25,29). The Bertz CT molecular complexity index is 1160. The minimum Gasteiger partial charge on any atom is -0.487 e. The number of imidazole rings is 1. The van der Waals surface area contributed by atoms with E-state index in [1.54, 1.807) is 6.07 Å². The van der Waals surface area contributed by atoms with Crippen LogP contribution < -0.4 is 10.1 Å². The number of amides is 1. The number of benzene rings is 1. The van der Waals surface area contributed by atoms with Crippen molar-refractivity contribution in [2.24, 2.45) is 0 Å². The molecule has 0 atom stereocenters. The number of carbonyl (C=O) groups excluding carboxylic acids is 1. The third kappa shape index (κ3) is 5.28. The van der Waals surface area contributed by atoms with Gasteiger partial charge in [0.05, 0.1) is 5.69 Å². The van der Waals surface area contributed by atoms with E-state index in [0.717, 1.165) is 11.3 Å². The van der Waals surface area contributed by atoms with Gasteiger partial charge in [-0.15, -0.1) is 0 Å². The van der Waals surface area contributed by atoms with Crippen molar-refractivity contribution in [2.45, 2.75) is 45.6 Å². The number of hydrogen-bond acceptors (Lipinski definition) is 6. The largest absolute Gasteiger partial charge is 0.487 e. The second-order valence-corrected chi connectivity index (χ2v) is 8.32. The predicted octanol–water partition coefficient (Wildman–Crippen LogP) is 4.17. The lowest BCUT2D eigenvalue weighted by Crippen LogP contribution is -2.14. The molecule has 8 nitrogen and oxygen atoms in total. The van der Waals surface area contributed by atoms with Gasteiger partial charge >= 0.3 is 0 Å². The average molecular weight is 419 g/mol. The molecule has 0 aliphatic carbocycles. The molecule has 1 N–H and O–H groups in total. The Morgan fingerprint density at radius 1 is 1.16 bits per heavy atom. The van der Waals surface area contributed by atoms with Gasteiger partial charge in [0, 0.05) is 42.4 Å². The van der Waals surface area contributed by atoms with Crippen LogP contribution in [0.2, 0.25) is 0 Å². The number of pyridine rings is 1. The molecule has 0 fully saturated rings. The van der Waals surface area contributed by atoms with Gasteiger partial charge in [0.1, 0.15) is 18.0 Å². The number of rotatable bonds is 7. The van der Waals surface area contributed by atoms with Crippen molar-refractivity contribution in [3.63, 3.8) is 0 Å². The van der Waals surface area contributed by atoms with E-state index in [0.29, 0.717) is 36.2 Å². The number of fused-ring (bicyclic) bond motifs is 1. The van der Waals surface area contributed by atoms with Gasteiger partial charge in [0.2, 0.25) is 11.8 Å². The number of hydrogen-bond donors (Lipinski definition) is 1. The van der Waals surface area contributed by atoms with E-state index in [4.69, 9.17) is 9.26 Å². The van der Waals surface area contributed by atoms with Crippen LogP contribution in [0.1, 0.15) is 44.6 Å². The number of nitrogens with one attached hydrogen (secondary N) is 1. The van der Waals surface area contributed by atoms with Crippen molar-refractivity contribution >= 4 is 17.2 Å². The van der Waals surface area contributed by atoms with Crippen LogP contribution in [0.5, 0.6) is 5.75 Å². The number of aromatic nitrogens is 4. The van der Waals surface area contributed by atoms with Crippen LogP contribution in [0.3, 0.4) is 0 Å². The maximum atomic E-state index is 12.3. The first-order valence-corrected chi connectivity index (χ1v) is 10.2. The third-order valence-electron chi connectivity index (χ3n) is 4.62. The Morgan fingerprint density at radius 2 is 2.03 bits per heavy atom. The molecule has 0 saturated carbocycles. The van der Waals surface area contributed by atoms with Gasteiger partial charge in [-0.1, -0.05) is 38.1 Å². The van der Waals surface area contributed by atoms with E-state index in [1.807, 2.05) is 74.0 Å². The SMILES string of the molecule is CC(C)(C)c1noc(CCC(=O)Nc2cccc(OCc3cn4ccccc4n3)c2)n1. The molecule has 4 rings (SSSR count). The molecule has 0 aliphatic rings. The number of carbonyl (C=O) groups is 1. The predicted molar refractivity (Wildman–Crippen MR) is 116 cm³/mol. The number of ether oxygens (including phenoxy) is 1. The van der Waals surface area contributed by atoms with E-state index in [1.165, 1.54) is 0 Å². The van der Waals surface area contributed by atoms with Crippen molar-refractivity contribution < 1.29 is 14.1 Å². The summed E-state index contributed by atoms with van der Waals surface area (Å²) in [6.45, 7) is 6.38. The molecule has 0 bridgehead atoms. The van der Waals surface area contributed by atoms with Crippen molar-refractivity contribution in [2.75, 3.05) is 5.32 Å². The number of anilines is 1. The third-order valence-corrected chi connectivity index (χ3v) is 4.62. The maximum absolute atomic E-state index is 12.3. The first kappa shape index (κ1) is 20.6. The highest BCUT2D eigenvalue weighted by molar-refractivity contribution is 5.90. The second kappa shape index (κ2) is 8.59. The molecule has 8 heteroatoms. The van der Waals surface area contributed by atoms with E-state index in [9.17, 15) is 4.79 Å². The first-order valence-electron chi connectivity index (χ1n) is 10.2. The number of nitrogens with zero attached hydrogens (tertiary/aromatic N) is 4. The Balaban J connectivity index is 1.30. The van der Waals surface area contributed by atoms with Gasteiger partial charge in [-0.25, -0.2) is 4.98 Å². The van der Waals surface area contributed by atoms with Gasteiger partial charge in [0.25, 0.3) is 0 Å². The number of aryl methyl sites for hydroxylation is 1. The minimum atomic E-state index is -0.187. The fourth-order valence-corrected chi connectivity index (χ4v) is 2.98. The van der Waals surface area contributed by atoms with E-state index in [2.05, 4.69) is 20.4 Å². The molecule has 4 aromatic rings. The lowest BCUT2D eigenvalue weighted by molar-refractivity contribution is -0.116. The maximum Gasteiger partial charge on any atom is 0.227 e. The fraction of sp³-hybridized carbons (Fsp3) is 0.304. The Morgan fingerprint density at radius 3 is 2.81 bits per heavy atom. The fourth-order valence-electron chi connectivity index (χ4n) is 2.98. The summed E-state index contributed by atoms with van der Waals surface area (Å²) in [5.74, 6) is 1.62. The van der Waals surface area contributed by atoms with Crippen LogP contribution in [-0.4, -0.2) is 25.4 Å². The molecule has 1 aromatic carbocycles. The lowest BCUT2D eigenvalue weighted by atomic mass is 9.96. The molecule has 0 aliphatic heterocycles. The summed E-state index contributed by atoms with van der Waals surface area (Å²) in [4.78, 5) is 21.2. The topological polar surface area (TPSA) is 94.5 Å². The molecular formula is C23H25N5O3. The summed E-state index contributed by atoms with van der Waals surface area (Å²) in [6, 6.07) is 13.1. The molecule has 1 amide bonds. The normalized spacial score (nSPS) is 11.6. The van der Waals surface area contributed by atoms with Crippen molar-refractivity contribution in [1.29, 1.82) is 0 Å². The van der Waals surface area contributed by atoms with Gasteiger partial charge in [0.15, 0.2) is 5.82 Å².